The second kappa shape index (κ2) is 6.28. The van der Waals surface area contributed by atoms with Gasteiger partial charge in [0, 0.05) is 6.04 Å². The van der Waals surface area contributed by atoms with E-state index in [2.05, 4.69) is 31.0 Å². The molecule has 3 aliphatic rings. The monoisotopic (exact) mass is 292 g/mol. The quantitative estimate of drug-likeness (QED) is 0.812. The van der Waals surface area contributed by atoms with Gasteiger partial charge in [-0.3, -0.25) is 10.1 Å². The van der Waals surface area contributed by atoms with Gasteiger partial charge in [0.2, 0.25) is 5.91 Å². The van der Waals surface area contributed by atoms with E-state index in [0.29, 0.717) is 24.0 Å². The lowest BCUT2D eigenvalue weighted by atomic mass is 9.93. The molecule has 1 heterocycles. The highest BCUT2D eigenvalue weighted by molar-refractivity contribution is 5.84. The van der Waals surface area contributed by atoms with Crippen LogP contribution in [0.15, 0.2) is 0 Å². The molecule has 0 aromatic heterocycles. The molecule has 3 nitrogen and oxygen atoms in total. The molecular formula is C18H32N2O. The van der Waals surface area contributed by atoms with E-state index in [1.807, 2.05) is 0 Å². The second-order valence-corrected chi connectivity index (χ2v) is 7.99. The summed E-state index contributed by atoms with van der Waals surface area (Å²) in [5.41, 5.74) is 0. The summed E-state index contributed by atoms with van der Waals surface area (Å²) >= 11 is 0. The molecule has 2 bridgehead atoms. The van der Waals surface area contributed by atoms with Crippen LogP contribution in [0.5, 0.6) is 0 Å². The van der Waals surface area contributed by atoms with Crippen molar-refractivity contribution < 1.29 is 4.79 Å². The summed E-state index contributed by atoms with van der Waals surface area (Å²) in [6.07, 6.45) is 10.2. The highest BCUT2D eigenvalue weighted by Gasteiger charge is 2.49. The summed E-state index contributed by atoms with van der Waals surface area (Å²) in [6.45, 7) is 6.74. The fourth-order valence-electron chi connectivity index (χ4n) is 4.91. The Labute approximate surface area is 129 Å². The lowest BCUT2D eigenvalue weighted by Gasteiger charge is -2.36. The molecule has 0 spiro atoms. The minimum Gasteiger partial charge on any atom is -0.323 e. The Hall–Kier alpha value is -0.570. The van der Waals surface area contributed by atoms with Gasteiger partial charge in [-0.15, -0.1) is 0 Å². The zero-order chi connectivity index (χ0) is 15.0. The molecule has 2 aliphatic carbocycles. The summed E-state index contributed by atoms with van der Waals surface area (Å²) in [5, 5.41) is 3.67. The Morgan fingerprint density at radius 1 is 1.29 bits per heavy atom. The minimum atomic E-state index is 0.0906. The van der Waals surface area contributed by atoms with Crippen molar-refractivity contribution in [2.45, 2.75) is 90.4 Å². The van der Waals surface area contributed by atoms with Crippen LogP contribution in [0.25, 0.3) is 0 Å². The first-order valence-electron chi connectivity index (χ1n) is 9.18. The van der Waals surface area contributed by atoms with E-state index in [-0.39, 0.29) is 6.04 Å². The maximum Gasteiger partial charge on any atom is 0.241 e. The van der Waals surface area contributed by atoms with Gasteiger partial charge < -0.3 is 4.90 Å². The first kappa shape index (κ1) is 15.3. The van der Waals surface area contributed by atoms with E-state index in [4.69, 9.17) is 0 Å². The molecule has 2 saturated carbocycles. The van der Waals surface area contributed by atoms with Crippen molar-refractivity contribution in [1.82, 2.24) is 10.2 Å². The van der Waals surface area contributed by atoms with Crippen LogP contribution in [0.3, 0.4) is 0 Å². The zero-order valence-corrected chi connectivity index (χ0v) is 14.0. The second-order valence-electron chi connectivity index (χ2n) is 7.99. The summed E-state index contributed by atoms with van der Waals surface area (Å²) in [6, 6.07) is 0.631. The van der Waals surface area contributed by atoms with Crippen molar-refractivity contribution in [1.29, 1.82) is 0 Å². The molecule has 0 aromatic carbocycles. The molecule has 1 N–H and O–H groups in total. The van der Waals surface area contributed by atoms with Crippen molar-refractivity contribution in [3.63, 3.8) is 0 Å². The van der Waals surface area contributed by atoms with E-state index < -0.39 is 0 Å². The molecule has 21 heavy (non-hydrogen) atoms. The third-order valence-electron chi connectivity index (χ3n) is 5.88. The van der Waals surface area contributed by atoms with E-state index in [1.54, 1.807) is 0 Å². The maximum atomic E-state index is 12.9. The van der Waals surface area contributed by atoms with Crippen LogP contribution in [0.1, 0.15) is 72.1 Å². The first-order chi connectivity index (χ1) is 10.1. The number of nitrogens with one attached hydrogen (secondary N) is 1. The van der Waals surface area contributed by atoms with E-state index in [9.17, 15) is 4.79 Å². The lowest BCUT2D eigenvalue weighted by Crippen LogP contribution is -2.47. The fraction of sp³-hybridized carbons (Fsp3) is 0.944. The molecule has 1 saturated heterocycles. The first-order valence-corrected chi connectivity index (χ1v) is 9.18. The number of rotatable bonds is 6. The van der Waals surface area contributed by atoms with Crippen LogP contribution in [-0.2, 0) is 4.79 Å². The van der Waals surface area contributed by atoms with E-state index in [0.717, 1.165) is 31.1 Å². The highest BCUT2D eigenvalue weighted by atomic mass is 16.2. The van der Waals surface area contributed by atoms with Crippen molar-refractivity contribution in [3.8, 4) is 0 Å². The van der Waals surface area contributed by atoms with E-state index in [1.165, 1.54) is 32.1 Å². The molecule has 1 amide bonds. The number of unbranched alkanes of at least 4 members (excludes halogenated alkanes) is 1. The Morgan fingerprint density at radius 2 is 2.10 bits per heavy atom. The Kier molecular flexibility index (Phi) is 4.58. The average Bonchev–Trinajstić information content (AvgIpc) is 3.11. The summed E-state index contributed by atoms with van der Waals surface area (Å²) in [7, 11) is 0. The standard InChI is InChI=1S/C18H32N2O/c1-4-5-6-15-18(21)20(17(19-15)9-12(2)3)16-11-13-7-8-14(16)10-13/h12-17,19H,4-11H2,1-3H3. The molecule has 0 radical (unpaired) electrons. The predicted molar refractivity (Wildman–Crippen MR) is 85.8 cm³/mol. The van der Waals surface area contributed by atoms with Crippen LogP contribution >= 0.6 is 0 Å². The van der Waals surface area contributed by atoms with Crippen molar-refractivity contribution in [3.05, 3.63) is 0 Å². The molecule has 0 aromatic rings. The molecule has 3 heteroatoms. The Balaban J connectivity index is 1.72. The average molecular weight is 292 g/mol. The summed E-state index contributed by atoms with van der Waals surface area (Å²) < 4.78 is 0. The molecule has 1 aliphatic heterocycles. The van der Waals surface area contributed by atoms with Crippen LogP contribution < -0.4 is 5.32 Å². The topological polar surface area (TPSA) is 32.3 Å². The Bertz CT molecular complexity index is 381. The number of hydrogen-bond donors (Lipinski definition) is 1. The van der Waals surface area contributed by atoms with Crippen LogP contribution in [0, 0.1) is 17.8 Å². The van der Waals surface area contributed by atoms with Gasteiger partial charge in [0.15, 0.2) is 0 Å². The maximum absolute atomic E-state index is 12.9. The van der Waals surface area contributed by atoms with Gasteiger partial charge in [0.05, 0.1) is 12.2 Å². The number of fused-ring (bicyclic) bond motifs is 2. The van der Waals surface area contributed by atoms with E-state index >= 15 is 0 Å². The van der Waals surface area contributed by atoms with Crippen molar-refractivity contribution >= 4 is 5.91 Å². The van der Waals surface area contributed by atoms with Crippen LogP contribution in [0.2, 0.25) is 0 Å². The smallest absolute Gasteiger partial charge is 0.241 e. The van der Waals surface area contributed by atoms with Crippen LogP contribution in [0.4, 0.5) is 0 Å². The zero-order valence-electron chi connectivity index (χ0n) is 14.0. The van der Waals surface area contributed by atoms with Gasteiger partial charge in [0.1, 0.15) is 0 Å². The van der Waals surface area contributed by atoms with Gasteiger partial charge in [-0.05, 0) is 49.9 Å². The van der Waals surface area contributed by atoms with Gasteiger partial charge in [-0.25, -0.2) is 0 Å². The van der Waals surface area contributed by atoms with Gasteiger partial charge in [-0.2, -0.15) is 0 Å². The predicted octanol–water partition coefficient (Wildman–Crippen LogP) is 3.54. The number of carbonyl (C=O) groups is 1. The van der Waals surface area contributed by atoms with Crippen LogP contribution in [-0.4, -0.2) is 29.1 Å². The van der Waals surface area contributed by atoms with Gasteiger partial charge in [-0.1, -0.05) is 40.0 Å². The molecule has 120 valence electrons. The summed E-state index contributed by atoms with van der Waals surface area (Å²) in [4.78, 5) is 15.2. The SMILES string of the molecule is CCCCC1NC(CC(C)C)N(C2CC3CCC2C3)C1=O. The van der Waals surface area contributed by atoms with Gasteiger partial charge in [0.25, 0.3) is 0 Å². The third kappa shape index (κ3) is 2.99. The Morgan fingerprint density at radius 3 is 2.67 bits per heavy atom. The highest BCUT2D eigenvalue weighted by Crippen LogP contribution is 2.48. The largest absolute Gasteiger partial charge is 0.323 e. The molecule has 3 fully saturated rings. The summed E-state index contributed by atoms with van der Waals surface area (Å²) in [5.74, 6) is 2.75. The molecule has 3 rings (SSSR count). The molecular weight excluding hydrogens is 260 g/mol. The van der Waals surface area contributed by atoms with Crippen molar-refractivity contribution in [2.24, 2.45) is 17.8 Å². The minimum absolute atomic E-state index is 0.0906. The normalized spacial score (nSPS) is 39.0. The number of nitrogens with zero attached hydrogens (tertiary/aromatic N) is 1. The molecule has 5 unspecified atom stereocenters. The number of carbonyl (C=O) groups excluding carboxylic acids is 1. The van der Waals surface area contributed by atoms with Crippen molar-refractivity contribution in [2.75, 3.05) is 0 Å². The fourth-order valence-corrected chi connectivity index (χ4v) is 4.91. The third-order valence-corrected chi connectivity index (χ3v) is 5.88. The number of amides is 1. The molecule has 5 atom stereocenters. The lowest BCUT2D eigenvalue weighted by molar-refractivity contribution is -0.133. The number of hydrogen-bond acceptors (Lipinski definition) is 2. The van der Waals surface area contributed by atoms with Gasteiger partial charge >= 0.3 is 0 Å².